The van der Waals surface area contributed by atoms with Crippen LogP contribution in [0.4, 0.5) is 5.69 Å². The van der Waals surface area contributed by atoms with Crippen LogP contribution >= 0.6 is 23.2 Å². The Labute approximate surface area is 150 Å². The SMILES string of the molecule is Cc1cccc(C)c1NC(=O)c1ccc(-c2cccc(Cl)c2Cl)o1. The molecule has 0 saturated carbocycles. The minimum absolute atomic E-state index is 0.212. The number of aryl methyl sites for hydroxylation is 2. The molecule has 3 nitrogen and oxygen atoms in total. The van der Waals surface area contributed by atoms with Gasteiger partial charge < -0.3 is 9.73 Å². The van der Waals surface area contributed by atoms with Gasteiger partial charge in [0.2, 0.25) is 0 Å². The summed E-state index contributed by atoms with van der Waals surface area (Å²) in [6, 6.07) is 14.4. The van der Waals surface area contributed by atoms with Crippen LogP contribution in [0.3, 0.4) is 0 Å². The quantitative estimate of drug-likeness (QED) is 0.611. The molecule has 1 N–H and O–H groups in total. The zero-order valence-corrected chi connectivity index (χ0v) is 14.7. The number of para-hydroxylation sites is 1. The van der Waals surface area contributed by atoms with E-state index in [1.54, 1.807) is 30.3 Å². The molecule has 0 atom stereocenters. The number of amides is 1. The van der Waals surface area contributed by atoms with Crippen LogP contribution in [0, 0.1) is 13.8 Å². The van der Waals surface area contributed by atoms with E-state index in [2.05, 4.69) is 5.32 Å². The van der Waals surface area contributed by atoms with Crippen molar-refractivity contribution in [1.29, 1.82) is 0 Å². The third-order valence-electron chi connectivity index (χ3n) is 3.77. The van der Waals surface area contributed by atoms with Gasteiger partial charge in [-0.05, 0) is 49.2 Å². The number of carbonyl (C=O) groups excluding carboxylic acids is 1. The van der Waals surface area contributed by atoms with Crippen molar-refractivity contribution in [2.75, 3.05) is 5.32 Å². The number of hydrogen-bond acceptors (Lipinski definition) is 2. The van der Waals surface area contributed by atoms with E-state index in [4.69, 9.17) is 27.6 Å². The smallest absolute Gasteiger partial charge is 0.291 e. The number of benzene rings is 2. The van der Waals surface area contributed by atoms with E-state index in [1.165, 1.54) is 0 Å². The van der Waals surface area contributed by atoms with Gasteiger partial charge in [-0.25, -0.2) is 0 Å². The second kappa shape index (κ2) is 6.71. The summed E-state index contributed by atoms with van der Waals surface area (Å²) in [6.45, 7) is 3.89. The van der Waals surface area contributed by atoms with Gasteiger partial charge in [-0.15, -0.1) is 0 Å². The fraction of sp³-hybridized carbons (Fsp3) is 0.105. The maximum Gasteiger partial charge on any atom is 0.291 e. The third kappa shape index (κ3) is 3.18. The fourth-order valence-corrected chi connectivity index (χ4v) is 2.88. The molecule has 0 aliphatic heterocycles. The number of anilines is 1. The molecule has 24 heavy (non-hydrogen) atoms. The molecule has 1 aromatic heterocycles. The normalized spacial score (nSPS) is 10.7. The van der Waals surface area contributed by atoms with Gasteiger partial charge in [-0.3, -0.25) is 4.79 Å². The standard InChI is InChI=1S/C19H15Cl2NO2/c1-11-5-3-6-12(2)18(11)22-19(23)16-10-9-15(24-16)13-7-4-8-14(20)17(13)21/h3-10H,1-2H3,(H,22,23). The number of rotatable bonds is 3. The highest BCUT2D eigenvalue weighted by Crippen LogP contribution is 2.34. The first-order chi connectivity index (χ1) is 11.5. The number of hydrogen-bond donors (Lipinski definition) is 1. The molecule has 0 fully saturated rings. The summed E-state index contributed by atoms with van der Waals surface area (Å²) in [6.07, 6.45) is 0. The lowest BCUT2D eigenvalue weighted by Gasteiger charge is -2.10. The molecule has 0 spiro atoms. The van der Waals surface area contributed by atoms with Crippen molar-refractivity contribution in [1.82, 2.24) is 0 Å². The average molecular weight is 360 g/mol. The van der Waals surface area contributed by atoms with E-state index in [-0.39, 0.29) is 11.7 Å². The molecular formula is C19H15Cl2NO2. The van der Waals surface area contributed by atoms with Crippen molar-refractivity contribution in [3.8, 4) is 11.3 Å². The first-order valence-electron chi connectivity index (χ1n) is 7.39. The van der Waals surface area contributed by atoms with Gasteiger partial charge in [0.05, 0.1) is 10.0 Å². The Morgan fingerprint density at radius 3 is 2.33 bits per heavy atom. The largest absolute Gasteiger partial charge is 0.451 e. The van der Waals surface area contributed by atoms with Crippen molar-refractivity contribution in [3.63, 3.8) is 0 Å². The Morgan fingerprint density at radius 1 is 0.958 bits per heavy atom. The summed E-state index contributed by atoms with van der Waals surface area (Å²) in [4.78, 5) is 12.5. The second-order valence-electron chi connectivity index (χ2n) is 5.49. The van der Waals surface area contributed by atoms with Crippen LogP contribution in [0.1, 0.15) is 21.7 Å². The Bertz CT molecular complexity index is 895. The minimum atomic E-state index is -0.309. The average Bonchev–Trinajstić information content (AvgIpc) is 3.03. The maximum atomic E-state index is 12.5. The third-order valence-corrected chi connectivity index (χ3v) is 4.59. The molecule has 122 valence electrons. The van der Waals surface area contributed by atoms with E-state index in [9.17, 15) is 4.79 Å². The van der Waals surface area contributed by atoms with Gasteiger partial charge in [-0.1, -0.05) is 47.5 Å². The molecule has 3 aromatic rings. The summed E-state index contributed by atoms with van der Waals surface area (Å²) in [7, 11) is 0. The van der Waals surface area contributed by atoms with Crippen molar-refractivity contribution in [2.45, 2.75) is 13.8 Å². The monoisotopic (exact) mass is 359 g/mol. The Kier molecular flexibility index (Phi) is 4.65. The molecule has 0 bridgehead atoms. The van der Waals surface area contributed by atoms with E-state index in [1.807, 2.05) is 32.0 Å². The summed E-state index contributed by atoms with van der Waals surface area (Å²) in [5, 5.41) is 3.73. The van der Waals surface area contributed by atoms with Crippen LogP contribution in [-0.4, -0.2) is 5.91 Å². The van der Waals surface area contributed by atoms with E-state index in [0.717, 1.165) is 16.8 Å². The fourth-order valence-electron chi connectivity index (χ4n) is 2.49. The molecule has 3 rings (SSSR count). The molecule has 1 amide bonds. The predicted molar refractivity (Wildman–Crippen MR) is 98.0 cm³/mol. The maximum absolute atomic E-state index is 12.5. The highest BCUT2D eigenvalue weighted by atomic mass is 35.5. The van der Waals surface area contributed by atoms with E-state index >= 15 is 0 Å². The molecule has 5 heteroatoms. The lowest BCUT2D eigenvalue weighted by molar-refractivity contribution is 0.0997. The Balaban J connectivity index is 1.88. The van der Waals surface area contributed by atoms with E-state index in [0.29, 0.717) is 21.4 Å². The number of carbonyl (C=O) groups is 1. The van der Waals surface area contributed by atoms with Crippen LogP contribution in [0.15, 0.2) is 52.9 Å². The molecule has 0 aliphatic carbocycles. The van der Waals surface area contributed by atoms with Crippen molar-refractivity contribution in [2.24, 2.45) is 0 Å². The minimum Gasteiger partial charge on any atom is -0.451 e. The lowest BCUT2D eigenvalue weighted by atomic mass is 10.1. The van der Waals surface area contributed by atoms with Crippen LogP contribution in [-0.2, 0) is 0 Å². The van der Waals surface area contributed by atoms with Crippen LogP contribution in [0.25, 0.3) is 11.3 Å². The first kappa shape index (κ1) is 16.6. The van der Waals surface area contributed by atoms with Gasteiger partial charge in [0.1, 0.15) is 5.76 Å². The lowest BCUT2D eigenvalue weighted by Crippen LogP contribution is -2.12. The van der Waals surface area contributed by atoms with Crippen molar-refractivity contribution in [3.05, 3.63) is 75.5 Å². The molecule has 0 aliphatic rings. The Hall–Kier alpha value is -2.23. The van der Waals surface area contributed by atoms with Gasteiger partial charge in [0, 0.05) is 11.3 Å². The van der Waals surface area contributed by atoms with E-state index < -0.39 is 0 Å². The number of halogens is 2. The summed E-state index contributed by atoms with van der Waals surface area (Å²) in [5.41, 5.74) is 3.43. The van der Waals surface area contributed by atoms with Crippen LogP contribution in [0.2, 0.25) is 10.0 Å². The zero-order valence-electron chi connectivity index (χ0n) is 13.2. The van der Waals surface area contributed by atoms with Gasteiger partial charge in [0.25, 0.3) is 5.91 Å². The highest BCUT2D eigenvalue weighted by Gasteiger charge is 2.16. The van der Waals surface area contributed by atoms with Gasteiger partial charge in [-0.2, -0.15) is 0 Å². The number of nitrogens with one attached hydrogen (secondary N) is 1. The van der Waals surface area contributed by atoms with Gasteiger partial charge >= 0.3 is 0 Å². The molecule has 0 unspecified atom stereocenters. The van der Waals surface area contributed by atoms with Crippen LogP contribution < -0.4 is 5.32 Å². The van der Waals surface area contributed by atoms with Crippen molar-refractivity contribution >= 4 is 34.8 Å². The molecule has 0 radical (unpaired) electrons. The first-order valence-corrected chi connectivity index (χ1v) is 8.14. The molecular weight excluding hydrogens is 345 g/mol. The topological polar surface area (TPSA) is 42.2 Å². The summed E-state index contributed by atoms with van der Waals surface area (Å²) >= 11 is 12.2. The molecule has 2 aromatic carbocycles. The van der Waals surface area contributed by atoms with Gasteiger partial charge in [0.15, 0.2) is 5.76 Å². The second-order valence-corrected chi connectivity index (χ2v) is 6.27. The number of furan rings is 1. The molecule has 0 saturated heterocycles. The predicted octanol–water partition coefficient (Wildman–Crippen LogP) is 6.12. The zero-order chi connectivity index (χ0) is 17.3. The Morgan fingerprint density at radius 2 is 1.62 bits per heavy atom. The summed E-state index contributed by atoms with van der Waals surface area (Å²) in [5.74, 6) is 0.398. The summed E-state index contributed by atoms with van der Waals surface area (Å²) < 4.78 is 5.66. The van der Waals surface area contributed by atoms with Crippen LogP contribution in [0.5, 0.6) is 0 Å². The molecule has 1 heterocycles. The highest BCUT2D eigenvalue weighted by molar-refractivity contribution is 6.43. The van der Waals surface area contributed by atoms with Crippen molar-refractivity contribution < 1.29 is 9.21 Å².